The van der Waals surface area contributed by atoms with Crippen LogP contribution in [0.2, 0.25) is 0 Å². The van der Waals surface area contributed by atoms with E-state index >= 15 is 0 Å². The lowest BCUT2D eigenvalue weighted by Crippen LogP contribution is -2.34. The zero-order valence-electron chi connectivity index (χ0n) is 6.50. The third-order valence-electron chi connectivity index (χ3n) is 1.57. The van der Waals surface area contributed by atoms with E-state index in [1.165, 1.54) is 0 Å². The summed E-state index contributed by atoms with van der Waals surface area (Å²) in [5, 5.41) is 3.59. The molecule has 0 saturated heterocycles. The molecule has 3 nitrogen and oxygen atoms in total. The molecule has 0 atom stereocenters. The number of nitrogens with two attached hydrogens (primary N) is 1. The third kappa shape index (κ3) is 1.70. The van der Waals surface area contributed by atoms with E-state index in [2.05, 4.69) is 5.10 Å². The number of rotatable bonds is 2. The molecule has 1 rings (SSSR count). The Labute approximate surface area is 61.2 Å². The summed E-state index contributed by atoms with van der Waals surface area (Å²) in [6.45, 7) is 4.08. The van der Waals surface area contributed by atoms with Crippen LogP contribution >= 0.6 is 0 Å². The molecule has 0 bridgehead atoms. The summed E-state index contributed by atoms with van der Waals surface area (Å²) in [5.74, 6) is 5.06. The molecule has 0 radical (unpaired) electrons. The smallest absolute Gasteiger partial charge is 0.0684 e. The van der Waals surface area contributed by atoms with Gasteiger partial charge in [0.25, 0.3) is 0 Å². The molecule has 2 N–H and O–H groups in total. The lowest BCUT2D eigenvalue weighted by molar-refractivity contribution is 0.00257. The van der Waals surface area contributed by atoms with E-state index in [0.29, 0.717) is 12.2 Å². The van der Waals surface area contributed by atoms with Crippen molar-refractivity contribution in [3.63, 3.8) is 0 Å². The lowest BCUT2D eigenvalue weighted by atomic mass is 9.93. The minimum absolute atomic E-state index is 0.323. The maximum Gasteiger partial charge on any atom is 0.0684 e. The second kappa shape index (κ2) is 3.01. The summed E-state index contributed by atoms with van der Waals surface area (Å²) in [5.41, 5.74) is 1.07. The van der Waals surface area contributed by atoms with Gasteiger partial charge in [0.15, 0.2) is 0 Å². The van der Waals surface area contributed by atoms with Crippen LogP contribution in [0.3, 0.4) is 0 Å². The fourth-order valence-electron chi connectivity index (χ4n) is 1.05. The number of hydrogen-bond acceptors (Lipinski definition) is 3. The largest absolute Gasteiger partial charge is 0.375 e. The maximum absolute atomic E-state index is 5.48. The lowest BCUT2D eigenvalue weighted by Gasteiger charge is -2.28. The average molecular weight is 142 g/mol. The monoisotopic (exact) mass is 142 g/mol. The van der Waals surface area contributed by atoms with E-state index in [4.69, 9.17) is 10.6 Å². The minimum atomic E-state index is 0.323. The molecule has 1 fully saturated rings. The van der Waals surface area contributed by atoms with Crippen LogP contribution in [0.1, 0.15) is 26.7 Å². The van der Waals surface area contributed by atoms with Crippen LogP contribution in [0.25, 0.3) is 0 Å². The molecule has 3 heteroatoms. The molecule has 1 aliphatic rings. The summed E-state index contributed by atoms with van der Waals surface area (Å²) in [6.07, 6.45) is 2.55. The van der Waals surface area contributed by atoms with Crippen molar-refractivity contribution in [2.24, 2.45) is 10.9 Å². The van der Waals surface area contributed by atoms with Crippen molar-refractivity contribution in [2.45, 2.75) is 38.9 Å². The van der Waals surface area contributed by atoms with Gasteiger partial charge in [-0.1, -0.05) is 0 Å². The zero-order chi connectivity index (χ0) is 7.56. The number of hydrogen-bond donors (Lipinski definition) is 1. The van der Waals surface area contributed by atoms with Gasteiger partial charge in [-0.15, -0.1) is 0 Å². The SMILES string of the molecule is CC(C)OC1CC(=NN)C1. The molecule has 1 aliphatic carbocycles. The van der Waals surface area contributed by atoms with E-state index in [-0.39, 0.29) is 0 Å². The Morgan fingerprint density at radius 2 is 2.20 bits per heavy atom. The fourth-order valence-corrected chi connectivity index (χ4v) is 1.05. The molecule has 0 aromatic carbocycles. The third-order valence-corrected chi connectivity index (χ3v) is 1.57. The molecule has 0 heterocycles. The van der Waals surface area contributed by atoms with E-state index in [0.717, 1.165) is 18.6 Å². The Bertz CT molecular complexity index is 135. The van der Waals surface area contributed by atoms with Crippen LogP contribution in [0.4, 0.5) is 0 Å². The molecule has 0 aromatic rings. The van der Waals surface area contributed by atoms with Crippen molar-refractivity contribution >= 4 is 5.71 Å². The van der Waals surface area contributed by atoms with Crippen molar-refractivity contribution < 1.29 is 4.74 Å². The highest BCUT2D eigenvalue weighted by Gasteiger charge is 2.25. The summed E-state index contributed by atoms with van der Waals surface area (Å²) < 4.78 is 5.48. The van der Waals surface area contributed by atoms with Gasteiger partial charge in [0.1, 0.15) is 0 Å². The quantitative estimate of drug-likeness (QED) is 0.459. The summed E-state index contributed by atoms with van der Waals surface area (Å²) in [7, 11) is 0. The molecule has 10 heavy (non-hydrogen) atoms. The summed E-state index contributed by atoms with van der Waals surface area (Å²) in [6, 6.07) is 0. The molecule has 0 unspecified atom stereocenters. The minimum Gasteiger partial charge on any atom is -0.375 e. The first-order valence-electron chi connectivity index (χ1n) is 3.63. The van der Waals surface area contributed by atoms with Gasteiger partial charge < -0.3 is 10.6 Å². The average Bonchev–Trinajstić information content (AvgIpc) is 1.76. The van der Waals surface area contributed by atoms with E-state index in [9.17, 15) is 0 Å². The standard InChI is InChI=1S/C7H14N2O/c1-5(2)10-7-3-6(4-7)9-8/h5,7H,3-4,8H2,1-2H3. The Kier molecular flexibility index (Phi) is 2.27. The molecular formula is C7H14N2O. The second-order valence-electron chi connectivity index (χ2n) is 2.91. The first-order valence-corrected chi connectivity index (χ1v) is 3.63. The topological polar surface area (TPSA) is 47.6 Å². The Morgan fingerprint density at radius 1 is 1.60 bits per heavy atom. The van der Waals surface area contributed by atoms with Gasteiger partial charge in [-0.25, -0.2) is 0 Å². The van der Waals surface area contributed by atoms with Gasteiger partial charge in [0.05, 0.1) is 12.2 Å². The first-order chi connectivity index (χ1) is 4.72. The molecule has 58 valence electrons. The van der Waals surface area contributed by atoms with Crippen LogP contribution < -0.4 is 5.84 Å². The normalized spacial score (nSPS) is 24.7. The highest BCUT2D eigenvalue weighted by molar-refractivity contribution is 5.90. The Hall–Kier alpha value is -0.570. The van der Waals surface area contributed by atoms with Gasteiger partial charge >= 0.3 is 0 Å². The van der Waals surface area contributed by atoms with Gasteiger partial charge in [0, 0.05) is 18.6 Å². The molecule has 0 aliphatic heterocycles. The highest BCUT2D eigenvalue weighted by atomic mass is 16.5. The first kappa shape index (κ1) is 7.54. The van der Waals surface area contributed by atoms with Crippen molar-refractivity contribution in [3.8, 4) is 0 Å². The van der Waals surface area contributed by atoms with Crippen molar-refractivity contribution in [1.82, 2.24) is 0 Å². The summed E-state index contributed by atoms with van der Waals surface area (Å²) >= 11 is 0. The predicted molar refractivity (Wildman–Crippen MR) is 40.9 cm³/mol. The van der Waals surface area contributed by atoms with Crippen LogP contribution in [-0.2, 0) is 4.74 Å². The molecule has 1 saturated carbocycles. The predicted octanol–water partition coefficient (Wildman–Crippen LogP) is 0.889. The van der Waals surface area contributed by atoms with Crippen LogP contribution in [0.5, 0.6) is 0 Å². The van der Waals surface area contributed by atoms with Gasteiger partial charge in [0.2, 0.25) is 0 Å². The zero-order valence-corrected chi connectivity index (χ0v) is 6.50. The van der Waals surface area contributed by atoms with E-state index in [1.807, 2.05) is 13.8 Å². The Morgan fingerprint density at radius 3 is 2.60 bits per heavy atom. The van der Waals surface area contributed by atoms with Gasteiger partial charge in [-0.05, 0) is 13.8 Å². The van der Waals surface area contributed by atoms with E-state index < -0.39 is 0 Å². The fraction of sp³-hybridized carbons (Fsp3) is 0.857. The number of ether oxygens (including phenoxy) is 1. The second-order valence-corrected chi connectivity index (χ2v) is 2.91. The molecule has 0 aromatic heterocycles. The molecule has 0 spiro atoms. The maximum atomic E-state index is 5.48. The number of hydrazone groups is 1. The van der Waals surface area contributed by atoms with Crippen molar-refractivity contribution in [3.05, 3.63) is 0 Å². The van der Waals surface area contributed by atoms with Crippen LogP contribution in [-0.4, -0.2) is 17.9 Å². The molecular weight excluding hydrogens is 128 g/mol. The van der Waals surface area contributed by atoms with Crippen molar-refractivity contribution in [1.29, 1.82) is 0 Å². The Balaban J connectivity index is 2.14. The highest BCUT2D eigenvalue weighted by Crippen LogP contribution is 2.20. The van der Waals surface area contributed by atoms with Gasteiger partial charge in [-0.3, -0.25) is 0 Å². The van der Waals surface area contributed by atoms with Crippen LogP contribution in [0.15, 0.2) is 5.10 Å². The van der Waals surface area contributed by atoms with E-state index in [1.54, 1.807) is 0 Å². The number of nitrogens with zero attached hydrogens (tertiary/aromatic N) is 1. The van der Waals surface area contributed by atoms with Crippen LogP contribution in [0, 0.1) is 0 Å². The summed E-state index contributed by atoms with van der Waals surface area (Å²) in [4.78, 5) is 0. The van der Waals surface area contributed by atoms with Gasteiger partial charge in [-0.2, -0.15) is 5.10 Å². The van der Waals surface area contributed by atoms with Crippen molar-refractivity contribution in [2.75, 3.05) is 0 Å². The molecule has 0 amide bonds.